The lowest BCUT2D eigenvalue weighted by molar-refractivity contribution is 0.668. The van der Waals surface area contributed by atoms with Gasteiger partial charge in [0.05, 0.1) is 5.02 Å². The van der Waals surface area contributed by atoms with E-state index in [0.717, 1.165) is 32.3 Å². The van der Waals surface area contributed by atoms with Crippen LogP contribution in [0.15, 0.2) is 28.7 Å². The lowest BCUT2D eigenvalue weighted by Crippen LogP contribution is -1.91. The normalized spacial score (nSPS) is 11.5. The topological polar surface area (TPSA) is 13.1 Å². The molecule has 0 saturated heterocycles. The van der Waals surface area contributed by atoms with Crippen molar-refractivity contribution < 1.29 is 4.42 Å². The first-order chi connectivity index (χ1) is 8.09. The number of hydrogen-bond acceptors (Lipinski definition) is 1. The van der Waals surface area contributed by atoms with Crippen molar-refractivity contribution in [2.45, 2.75) is 13.8 Å². The number of hydrogen-bond donors (Lipinski definition) is 0. The SMILES string of the molecule is Cc1ccc2c(oc3c(P)c(Cl)ccc32)c1C. The quantitative estimate of drug-likeness (QED) is 0.549. The van der Waals surface area contributed by atoms with E-state index in [1.54, 1.807) is 0 Å². The fourth-order valence-corrected chi connectivity index (χ4v) is 2.59. The van der Waals surface area contributed by atoms with Gasteiger partial charge in [-0.05, 0) is 37.1 Å². The van der Waals surface area contributed by atoms with Crippen molar-refractivity contribution in [3.8, 4) is 0 Å². The second-order valence-corrected chi connectivity index (χ2v) is 5.31. The van der Waals surface area contributed by atoms with E-state index in [9.17, 15) is 0 Å². The lowest BCUT2D eigenvalue weighted by atomic mass is 10.1. The first-order valence-electron chi connectivity index (χ1n) is 5.46. The Bertz CT molecular complexity index is 681. The molecule has 3 aromatic rings. The van der Waals surface area contributed by atoms with Crippen LogP contribution in [0.1, 0.15) is 11.1 Å². The van der Waals surface area contributed by atoms with Crippen LogP contribution in [0.4, 0.5) is 0 Å². The van der Waals surface area contributed by atoms with E-state index in [2.05, 4.69) is 35.2 Å². The average molecular weight is 263 g/mol. The highest BCUT2D eigenvalue weighted by molar-refractivity contribution is 7.29. The van der Waals surface area contributed by atoms with Crippen LogP contribution < -0.4 is 5.30 Å². The minimum atomic E-state index is 0.718. The molecule has 1 atom stereocenters. The summed E-state index contributed by atoms with van der Waals surface area (Å²) >= 11 is 6.11. The van der Waals surface area contributed by atoms with Gasteiger partial charge in [-0.25, -0.2) is 0 Å². The first kappa shape index (κ1) is 11.1. The number of rotatable bonds is 0. The molecule has 0 aliphatic heterocycles. The highest BCUT2D eigenvalue weighted by Gasteiger charge is 2.13. The van der Waals surface area contributed by atoms with Gasteiger partial charge in [-0.15, -0.1) is 0 Å². The molecular formula is C14H12ClOP. The van der Waals surface area contributed by atoms with E-state index in [-0.39, 0.29) is 0 Å². The van der Waals surface area contributed by atoms with Crippen LogP contribution in [0.2, 0.25) is 5.02 Å². The molecule has 3 heteroatoms. The van der Waals surface area contributed by atoms with Gasteiger partial charge in [-0.3, -0.25) is 0 Å². The molecule has 3 rings (SSSR count). The number of fused-ring (bicyclic) bond motifs is 3. The summed E-state index contributed by atoms with van der Waals surface area (Å²) in [7, 11) is 2.65. The van der Waals surface area contributed by atoms with Crippen LogP contribution in [0, 0.1) is 13.8 Å². The van der Waals surface area contributed by atoms with Crippen LogP contribution in [0.3, 0.4) is 0 Å². The Morgan fingerprint density at radius 2 is 1.65 bits per heavy atom. The highest BCUT2D eigenvalue weighted by atomic mass is 35.5. The Labute approximate surface area is 107 Å². The molecule has 0 radical (unpaired) electrons. The van der Waals surface area contributed by atoms with E-state index in [1.165, 1.54) is 11.1 Å². The highest BCUT2D eigenvalue weighted by Crippen LogP contribution is 2.33. The van der Waals surface area contributed by atoms with Crippen molar-refractivity contribution in [1.29, 1.82) is 0 Å². The van der Waals surface area contributed by atoms with Gasteiger partial charge < -0.3 is 4.42 Å². The summed E-state index contributed by atoms with van der Waals surface area (Å²) in [6.07, 6.45) is 0. The predicted molar refractivity (Wildman–Crippen MR) is 77.5 cm³/mol. The minimum Gasteiger partial charge on any atom is -0.455 e. The maximum Gasteiger partial charge on any atom is 0.144 e. The zero-order chi connectivity index (χ0) is 12.2. The Balaban J connectivity index is 2.58. The molecule has 0 amide bonds. The Hall–Kier alpha value is -1.04. The number of halogens is 1. The van der Waals surface area contributed by atoms with Gasteiger partial charge in [0.2, 0.25) is 0 Å². The van der Waals surface area contributed by atoms with Gasteiger partial charge in [0, 0.05) is 16.1 Å². The van der Waals surface area contributed by atoms with Crippen molar-refractivity contribution >= 4 is 48.1 Å². The van der Waals surface area contributed by atoms with Crippen molar-refractivity contribution in [2.24, 2.45) is 0 Å². The van der Waals surface area contributed by atoms with Gasteiger partial charge in [0.25, 0.3) is 0 Å². The Morgan fingerprint density at radius 1 is 1.00 bits per heavy atom. The third-order valence-corrected chi connectivity index (χ3v) is 4.40. The molecule has 86 valence electrons. The van der Waals surface area contributed by atoms with Crippen LogP contribution in [-0.2, 0) is 0 Å². The zero-order valence-corrected chi connectivity index (χ0v) is 11.6. The molecule has 0 fully saturated rings. The van der Waals surface area contributed by atoms with Crippen molar-refractivity contribution in [2.75, 3.05) is 0 Å². The van der Waals surface area contributed by atoms with Gasteiger partial charge in [0.15, 0.2) is 0 Å². The van der Waals surface area contributed by atoms with E-state index < -0.39 is 0 Å². The fourth-order valence-electron chi connectivity index (χ4n) is 2.13. The molecule has 1 aromatic heterocycles. The largest absolute Gasteiger partial charge is 0.455 e. The molecule has 0 bridgehead atoms. The molecule has 0 aliphatic rings. The first-order valence-corrected chi connectivity index (χ1v) is 6.41. The molecule has 0 aliphatic carbocycles. The smallest absolute Gasteiger partial charge is 0.144 e. The molecule has 17 heavy (non-hydrogen) atoms. The monoisotopic (exact) mass is 262 g/mol. The van der Waals surface area contributed by atoms with Crippen molar-refractivity contribution in [1.82, 2.24) is 0 Å². The number of benzene rings is 2. The summed E-state index contributed by atoms with van der Waals surface area (Å²) < 4.78 is 5.97. The van der Waals surface area contributed by atoms with Gasteiger partial charge in [0.1, 0.15) is 11.2 Å². The van der Waals surface area contributed by atoms with Crippen LogP contribution in [-0.4, -0.2) is 0 Å². The summed E-state index contributed by atoms with van der Waals surface area (Å²) in [5.74, 6) is 0. The van der Waals surface area contributed by atoms with Crippen LogP contribution in [0.25, 0.3) is 21.9 Å². The number of aryl methyl sites for hydroxylation is 2. The number of furan rings is 1. The fraction of sp³-hybridized carbons (Fsp3) is 0.143. The van der Waals surface area contributed by atoms with Crippen molar-refractivity contribution in [3.05, 3.63) is 40.4 Å². The summed E-state index contributed by atoms with van der Waals surface area (Å²) in [5, 5.41) is 3.93. The molecule has 1 unspecified atom stereocenters. The van der Waals surface area contributed by atoms with Gasteiger partial charge >= 0.3 is 0 Å². The second-order valence-electron chi connectivity index (χ2n) is 4.32. The summed E-state index contributed by atoms with van der Waals surface area (Å²) in [6, 6.07) is 8.17. The van der Waals surface area contributed by atoms with E-state index in [1.807, 2.05) is 12.1 Å². The minimum absolute atomic E-state index is 0.718. The molecule has 2 aromatic carbocycles. The summed E-state index contributed by atoms with van der Waals surface area (Å²) in [4.78, 5) is 0. The van der Waals surface area contributed by atoms with E-state index >= 15 is 0 Å². The second kappa shape index (κ2) is 3.73. The van der Waals surface area contributed by atoms with Gasteiger partial charge in [-0.2, -0.15) is 0 Å². The Morgan fingerprint density at radius 3 is 2.41 bits per heavy atom. The third kappa shape index (κ3) is 1.50. The zero-order valence-electron chi connectivity index (χ0n) is 9.67. The summed E-state index contributed by atoms with van der Waals surface area (Å²) in [6.45, 7) is 4.18. The molecule has 0 N–H and O–H groups in total. The molecule has 0 saturated carbocycles. The average Bonchev–Trinajstić information content (AvgIpc) is 2.69. The maximum atomic E-state index is 6.11. The van der Waals surface area contributed by atoms with E-state index in [4.69, 9.17) is 16.0 Å². The molecule has 0 spiro atoms. The third-order valence-electron chi connectivity index (χ3n) is 3.31. The Kier molecular flexibility index (Phi) is 2.43. The van der Waals surface area contributed by atoms with E-state index in [0.29, 0.717) is 0 Å². The van der Waals surface area contributed by atoms with Crippen molar-refractivity contribution in [3.63, 3.8) is 0 Å². The van der Waals surface area contributed by atoms with Gasteiger partial charge in [-0.1, -0.05) is 33.0 Å². The van der Waals surface area contributed by atoms with Crippen LogP contribution >= 0.6 is 20.8 Å². The standard InChI is InChI=1S/C14H12ClOP/c1-7-3-4-9-10-5-6-11(15)14(17)13(10)16-12(9)8(7)2/h3-6H,17H2,1-2H3. The van der Waals surface area contributed by atoms with Crippen LogP contribution in [0.5, 0.6) is 0 Å². The lowest BCUT2D eigenvalue weighted by Gasteiger charge is -1.98. The maximum absolute atomic E-state index is 6.11. The molecular weight excluding hydrogens is 251 g/mol. The summed E-state index contributed by atoms with van der Waals surface area (Å²) in [5.41, 5.74) is 4.27. The predicted octanol–water partition coefficient (Wildman–Crippen LogP) is 4.36. The molecule has 1 nitrogen and oxygen atoms in total. The molecule has 1 heterocycles.